The standard InChI is InChI=1S/C19H14F4N2O3/c1-7(18(24)27)14-8(2)25(13-6-12(22)17(26)16(23)15(13)14)19(28)9-3-4-10(20)11(21)5-9/h3-7,26H,1-2H3,(H2,24,27). The Hall–Kier alpha value is -3.36. The third kappa shape index (κ3) is 2.79. The molecule has 1 atom stereocenters. The van der Waals surface area contributed by atoms with Crippen LogP contribution in [0.15, 0.2) is 24.3 Å². The Balaban J connectivity index is 2.39. The Labute approximate surface area is 156 Å². The van der Waals surface area contributed by atoms with E-state index in [9.17, 15) is 32.3 Å². The number of hydrogen-bond donors (Lipinski definition) is 2. The van der Waals surface area contributed by atoms with Gasteiger partial charge in [-0.25, -0.2) is 17.6 Å². The van der Waals surface area contributed by atoms with Crippen molar-refractivity contribution in [2.45, 2.75) is 19.8 Å². The van der Waals surface area contributed by atoms with Gasteiger partial charge in [-0.05, 0) is 37.6 Å². The fourth-order valence-electron chi connectivity index (χ4n) is 3.20. The van der Waals surface area contributed by atoms with Crippen LogP contribution in [0.1, 0.15) is 34.5 Å². The highest BCUT2D eigenvalue weighted by Gasteiger charge is 2.30. The number of carbonyl (C=O) groups excluding carboxylic acids is 2. The molecule has 28 heavy (non-hydrogen) atoms. The van der Waals surface area contributed by atoms with Crippen LogP contribution in [-0.4, -0.2) is 21.5 Å². The van der Waals surface area contributed by atoms with Crippen LogP contribution in [-0.2, 0) is 4.79 Å². The number of phenolic OH excluding ortho intramolecular Hbond substituents is 1. The average Bonchev–Trinajstić information content (AvgIpc) is 2.92. The van der Waals surface area contributed by atoms with Gasteiger partial charge in [0.05, 0.1) is 11.4 Å². The highest BCUT2D eigenvalue weighted by molar-refractivity contribution is 6.05. The van der Waals surface area contributed by atoms with Crippen LogP contribution in [0.4, 0.5) is 17.6 Å². The number of nitrogens with zero attached hydrogens (tertiary/aromatic N) is 1. The quantitative estimate of drug-likeness (QED) is 0.667. The molecule has 146 valence electrons. The number of nitrogens with two attached hydrogens (primary N) is 1. The number of primary amides is 1. The lowest BCUT2D eigenvalue weighted by atomic mass is 9.97. The van der Waals surface area contributed by atoms with E-state index in [1.54, 1.807) is 0 Å². The molecule has 0 fully saturated rings. The second-order valence-corrected chi connectivity index (χ2v) is 6.31. The lowest BCUT2D eigenvalue weighted by molar-refractivity contribution is -0.119. The van der Waals surface area contributed by atoms with Crippen molar-refractivity contribution in [3.63, 3.8) is 0 Å². The van der Waals surface area contributed by atoms with Crippen LogP contribution >= 0.6 is 0 Å². The highest BCUT2D eigenvalue weighted by Crippen LogP contribution is 2.38. The predicted molar refractivity (Wildman–Crippen MR) is 92.0 cm³/mol. The molecule has 0 aliphatic heterocycles. The number of rotatable bonds is 3. The summed E-state index contributed by atoms with van der Waals surface area (Å²) in [4.78, 5) is 24.6. The summed E-state index contributed by atoms with van der Waals surface area (Å²) in [5.74, 6) is -9.25. The van der Waals surface area contributed by atoms with Gasteiger partial charge in [0.1, 0.15) is 0 Å². The molecule has 0 aliphatic rings. The fourth-order valence-corrected chi connectivity index (χ4v) is 3.20. The van der Waals surface area contributed by atoms with Crippen LogP contribution in [0.5, 0.6) is 5.75 Å². The molecule has 1 aromatic heterocycles. The Morgan fingerprint density at radius 3 is 2.29 bits per heavy atom. The summed E-state index contributed by atoms with van der Waals surface area (Å²) < 4.78 is 56.2. The van der Waals surface area contributed by atoms with E-state index in [2.05, 4.69) is 0 Å². The van der Waals surface area contributed by atoms with E-state index >= 15 is 0 Å². The van der Waals surface area contributed by atoms with Crippen molar-refractivity contribution in [3.8, 4) is 5.75 Å². The van der Waals surface area contributed by atoms with Gasteiger partial charge < -0.3 is 10.8 Å². The highest BCUT2D eigenvalue weighted by atomic mass is 19.2. The third-order valence-electron chi connectivity index (χ3n) is 4.64. The Morgan fingerprint density at radius 1 is 1.07 bits per heavy atom. The van der Waals surface area contributed by atoms with Crippen molar-refractivity contribution in [1.29, 1.82) is 0 Å². The molecule has 1 heterocycles. The molecule has 1 unspecified atom stereocenters. The monoisotopic (exact) mass is 394 g/mol. The zero-order chi connectivity index (χ0) is 20.9. The van der Waals surface area contributed by atoms with Gasteiger partial charge in [-0.15, -0.1) is 0 Å². The Bertz CT molecular complexity index is 1150. The molecule has 5 nitrogen and oxygen atoms in total. The zero-order valence-corrected chi connectivity index (χ0v) is 14.7. The summed E-state index contributed by atoms with van der Waals surface area (Å²) in [6.45, 7) is 2.72. The van der Waals surface area contributed by atoms with E-state index in [0.717, 1.165) is 22.8 Å². The largest absolute Gasteiger partial charge is 0.503 e. The number of aromatic hydroxyl groups is 1. The summed E-state index contributed by atoms with van der Waals surface area (Å²) in [5.41, 5.74) is 4.74. The molecule has 0 radical (unpaired) electrons. The van der Waals surface area contributed by atoms with E-state index < -0.39 is 46.8 Å². The van der Waals surface area contributed by atoms with Gasteiger partial charge in [-0.1, -0.05) is 0 Å². The predicted octanol–water partition coefficient (Wildman–Crippen LogP) is 3.49. The minimum atomic E-state index is -1.36. The lowest BCUT2D eigenvalue weighted by Gasteiger charge is -2.10. The summed E-state index contributed by atoms with van der Waals surface area (Å²) >= 11 is 0. The minimum Gasteiger partial charge on any atom is -0.503 e. The van der Waals surface area contributed by atoms with E-state index in [0.29, 0.717) is 6.07 Å². The SMILES string of the molecule is Cc1c(C(C)C(N)=O)c2c(F)c(O)c(F)cc2n1C(=O)c1ccc(F)c(F)c1. The lowest BCUT2D eigenvalue weighted by Crippen LogP contribution is -2.20. The fraction of sp³-hybridized carbons (Fsp3) is 0.158. The first-order chi connectivity index (χ1) is 13.1. The van der Waals surface area contributed by atoms with E-state index in [1.165, 1.54) is 13.8 Å². The Kier molecular flexibility index (Phi) is 4.62. The van der Waals surface area contributed by atoms with Gasteiger partial charge in [0.2, 0.25) is 5.91 Å². The minimum absolute atomic E-state index is 0.0220. The van der Waals surface area contributed by atoms with Gasteiger partial charge in [0.25, 0.3) is 5.91 Å². The van der Waals surface area contributed by atoms with Gasteiger partial charge in [-0.2, -0.15) is 0 Å². The topological polar surface area (TPSA) is 85.3 Å². The molecule has 1 amide bonds. The number of amides is 1. The van der Waals surface area contributed by atoms with Crippen LogP contribution < -0.4 is 5.73 Å². The number of carbonyl (C=O) groups is 2. The number of phenols is 1. The molecule has 2 aromatic carbocycles. The van der Waals surface area contributed by atoms with E-state index in [4.69, 9.17) is 5.73 Å². The number of aromatic nitrogens is 1. The van der Waals surface area contributed by atoms with Crippen LogP contribution in [0.3, 0.4) is 0 Å². The molecular formula is C19H14F4N2O3. The molecule has 3 aromatic rings. The molecule has 0 aliphatic carbocycles. The summed E-state index contributed by atoms with van der Waals surface area (Å²) in [6.07, 6.45) is 0. The van der Waals surface area contributed by atoms with Crippen molar-refractivity contribution < 1.29 is 32.3 Å². The zero-order valence-electron chi connectivity index (χ0n) is 14.7. The van der Waals surface area contributed by atoms with E-state index in [1.807, 2.05) is 0 Å². The van der Waals surface area contributed by atoms with Gasteiger partial charge in [0, 0.05) is 22.7 Å². The van der Waals surface area contributed by atoms with Crippen molar-refractivity contribution in [1.82, 2.24) is 4.57 Å². The molecule has 0 saturated heterocycles. The van der Waals surface area contributed by atoms with Gasteiger partial charge in [0.15, 0.2) is 29.0 Å². The summed E-state index contributed by atoms with van der Waals surface area (Å²) in [5, 5.41) is 9.26. The van der Waals surface area contributed by atoms with E-state index in [-0.39, 0.29) is 27.7 Å². The average molecular weight is 394 g/mol. The molecule has 9 heteroatoms. The molecule has 0 bridgehead atoms. The van der Waals surface area contributed by atoms with Crippen molar-refractivity contribution in [3.05, 3.63) is 64.4 Å². The molecule has 3 N–H and O–H groups in total. The number of benzene rings is 2. The maximum atomic E-state index is 14.6. The molecule has 0 spiro atoms. The van der Waals surface area contributed by atoms with Gasteiger partial charge >= 0.3 is 0 Å². The summed E-state index contributed by atoms with van der Waals surface area (Å²) in [6, 6.07) is 3.11. The first-order valence-corrected chi connectivity index (χ1v) is 8.07. The molecular weight excluding hydrogens is 380 g/mol. The smallest absolute Gasteiger partial charge is 0.262 e. The first kappa shape index (κ1) is 19.4. The maximum absolute atomic E-state index is 14.6. The summed E-state index contributed by atoms with van der Waals surface area (Å²) in [7, 11) is 0. The van der Waals surface area contributed by atoms with Crippen molar-refractivity contribution in [2.75, 3.05) is 0 Å². The second kappa shape index (κ2) is 6.66. The van der Waals surface area contributed by atoms with Crippen LogP contribution in [0, 0.1) is 30.2 Å². The number of hydrogen-bond acceptors (Lipinski definition) is 3. The molecule has 3 rings (SSSR count). The van der Waals surface area contributed by atoms with Crippen LogP contribution in [0.25, 0.3) is 10.9 Å². The van der Waals surface area contributed by atoms with Crippen molar-refractivity contribution >= 4 is 22.7 Å². The van der Waals surface area contributed by atoms with Crippen molar-refractivity contribution in [2.24, 2.45) is 5.73 Å². The number of halogens is 4. The normalized spacial score (nSPS) is 12.4. The second-order valence-electron chi connectivity index (χ2n) is 6.31. The first-order valence-electron chi connectivity index (χ1n) is 8.07. The Morgan fingerprint density at radius 2 is 1.71 bits per heavy atom. The number of fused-ring (bicyclic) bond motifs is 1. The van der Waals surface area contributed by atoms with Gasteiger partial charge in [-0.3, -0.25) is 14.2 Å². The maximum Gasteiger partial charge on any atom is 0.262 e. The molecule has 0 saturated carbocycles. The van der Waals surface area contributed by atoms with Crippen LogP contribution in [0.2, 0.25) is 0 Å². The third-order valence-corrected chi connectivity index (χ3v) is 4.64.